The number of aromatic hydroxyl groups is 1. The highest BCUT2D eigenvalue weighted by Gasteiger charge is 2.25. The molecule has 1 aliphatic carbocycles. The standard InChI is InChI=1S/C8H8FNO2/c9-8-7(12-6-1-2-6)3-5(11)4-10-8/h3-4,6,11H,1-2H2. The average Bonchev–Trinajstić information content (AvgIpc) is 2.81. The van der Waals surface area contributed by atoms with Crippen molar-refractivity contribution in [1.82, 2.24) is 4.98 Å². The smallest absolute Gasteiger partial charge is 0.255 e. The number of hydrogen-bond acceptors (Lipinski definition) is 3. The van der Waals surface area contributed by atoms with Crippen LogP contribution in [-0.4, -0.2) is 16.2 Å². The molecule has 12 heavy (non-hydrogen) atoms. The van der Waals surface area contributed by atoms with Crippen molar-refractivity contribution in [3.05, 3.63) is 18.2 Å². The molecular formula is C8H8FNO2. The second-order valence-electron chi connectivity index (χ2n) is 2.80. The molecule has 0 spiro atoms. The zero-order valence-corrected chi connectivity index (χ0v) is 6.33. The third kappa shape index (κ3) is 1.47. The first kappa shape index (κ1) is 7.34. The third-order valence-electron chi connectivity index (χ3n) is 1.61. The number of halogens is 1. The summed E-state index contributed by atoms with van der Waals surface area (Å²) in [5, 5.41) is 8.96. The maximum atomic E-state index is 12.8. The lowest BCUT2D eigenvalue weighted by molar-refractivity contribution is 0.281. The first-order valence-corrected chi connectivity index (χ1v) is 3.77. The Kier molecular flexibility index (Phi) is 1.60. The largest absolute Gasteiger partial charge is 0.506 e. The topological polar surface area (TPSA) is 42.4 Å². The van der Waals surface area contributed by atoms with E-state index in [1.54, 1.807) is 0 Å². The molecule has 0 saturated heterocycles. The quantitative estimate of drug-likeness (QED) is 0.681. The van der Waals surface area contributed by atoms with E-state index in [0.717, 1.165) is 19.0 Å². The van der Waals surface area contributed by atoms with Crippen molar-refractivity contribution in [2.24, 2.45) is 0 Å². The van der Waals surface area contributed by atoms with Gasteiger partial charge in [-0.1, -0.05) is 0 Å². The van der Waals surface area contributed by atoms with Gasteiger partial charge in [-0.2, -0.15) is 4.39 Å². The zero-order valence-electron chi connectivity index (χ0n) is 6.33. The van der Waals surface area contributed by atoms with Crippen molar-refractivity contribution < 1.29 is 14.2 Å². The van der Waals surface area contributed by atoms with Crippen molar-refractivity contribution >= 4 is 0 Å². The molecule has 1 N–H and O–H groups in total. The van der Waals surface area contributed by atoms with Crippen molar-refractivity contribution in [1.29, 1.82) is 0 Å². The maximum Gasteiger partial charge on any atom is 0.255 e. The molecule has 1 aliphatic rings. The van der Waals surface area contributed by atoms with Gasteiger partial charge in [0.15, 0.2) is 5.75 Å². The molecule has 0 unspecified atom stereocenters. The van der Waals surface area contributed by atoms with Gasteiger partial charge in [0.1, 0.15) is 5.75 Å². The van der Waals surface area contributed by atoms with Gasteiger partial charge >= 0.3 is 0 Å². The molecule has 0 radical (unpaired) electrons. The van der Waals surface area contributed by atoms with Crippen molar-refractivity contribution in [2.45, 2.75) is 18.9 Å². The Labute approximate surface area is 68.8 Å². The van der Waals surface area contributed by atoms with Gasteiger partial charge in [-0.3, -0.25) is 0 Å². The normalized spacial score (nSPS) is 16.1. The van der Waals surface area contributed by atoms with Crippen molar-refractivity contribution in [2.75, 3.05) is 0 Å². The molecule has 64 valence electrons. The van der Waals surface area contributed by atoms with Gasteiger partial charge in [-0.05, 0) is 12.8 Å². The summed E-state index contributed by atoms with van der Waals surface area (Å²) in [5.74, 6) is -0.704. The highest BCUT2D eigenvalue weighted by atomic mass is 19.1. The molecule has 0 aromatic carbocycles. The molecule has 0 bridgehead atoms. The predicted molar refractivity (Wildman–Crippen MR) is 39.5 cm³/mol. The Morgan fingerprint density at radius 2 is 2.33 bits per heavy atom. The fraction of sp³-hybridized carbons (Fsp3) is 0.375. The molecule has 0 amide bonds. The molecule has 0 atom stereocenters. The maximum absolute atomic E-state index is 12.8. The summed E-state index contributed by atoms with van der Waals surface area (Å²) in [7, 11) is 0. The Balaban J connectivity index is 2.21. The molecule has 3 nitrogen and oxygen atoms in total. The van der Waals surface area contributed by atoms with E-state index < -0.39 is 5.95 Å². The van der Waals surface area contributed by atoms with E-state index in [9.17, 15) is 4.39 Å². The molecular weight excluding hydrogens is 161 g/mol. The van der Waals surface area contributed by atoms with Gasteiger partial charge < -0.3 is 9.84 Å². The van der Waals surface area contributed by atoms with Crippen LogP contribution in [0.4, 0.5) is 4.39 Å². The second-order valence-corrected chi connectivity index (χ2v) is 2.80. The van der Waals surface area contributed by atoms with Crippen LogP contribution in [0.2, 0.25) is 0 Å². The monoisotopic (exact) mass is 169 g/mol. The summed E-state index contributed by atoms with van der Waals surface area (Å²) >= 11 is 0. The van der Waals surface area contributed by atoms with Gasteiger partial charge in [0.05, 0.1) is 12.3 Å². The Morgan fingerprint density at radius 1 is 1.58 bits per heavy atom. The van der Waals surface area contributed by atoms with Crippen LogP contribution in [0.1, 0.15) is 12.8 Å². The van der Waals surface area contributed by atoms with E-state index >= 15 is 0 Å². The summed E-state index contributed by atoms with van der Waals surface area (Å²) in [5.41, 5.74) is 0. The minimum atomic E-state index is -0.667. The molecule has 1 aromatic heterocycles. The highest BCUT2D eigenvalue weighted by molar-refractivity contribution is 5.28. The van der Waals surface area contributed by atoms with Crippen LogP contribution >= 0.6 is 0 Å². The SMILES string of the molecule is Oc1cnc(F)c(OC2CC2)c1. The van der Waals surface area contributed by atoms with Crippen LogP contribution in [0.25, 0.3) is 0 Å². The predicted octanol–water partition coefficient (Wildman–Crippen LogP) is 1.47. The lowest BCUT2D eigenvalue weighted by atomic mass is 10.4. The lowest BCUT2D eigenvalue weighted by Gasteiger charge is -2.03. The van der Waals surface area contributed by atoms with E-state index in [2.05, 4.69) is 4.98 Å². The number of nitrogens with zero attached hydrogens (tertiary/aromatic N) is 1. The molecule has 4 heteroatoms. The minimum Gasteiger partial charge on any atom is -0.506 e. The fourth-order valence-corrected chi connectivity index (χ4v) is 0.866. The van der Waals surface area contributed by atoms with Gasteiger partial charge in [-0.15, -0.1) is 0 Å². The summed E-state index contributed by atoms with van der Waals surface area (Å²) in [6.07, 6.45) is 3.07. The van der Waals surface area contributed by atoms with Crippen molar-refractivity contribution in [3.8, 4) is 11.5 Å². The van der Waals surface area contributed by atoms with Crippen LogP contribution in [0.15, 0.2) is 12.3 Å². The van der Waals surface area contributed by atoms with Crippen LogP contribution in [-0.2, 0) is 0 Å². The molecule has 0 aliphatic heterocycles. The fourth-order valence-electron chi connectivity index (χ4n) is 0.866. The highest BCUT2D eigenvalue weighted by Crippen LogP contribution is 2.29. The Hall–Kier alpha value is -1.32. The number of hydrogen-bond donors (Lipinski definition) is 1. The van der Waals surface area contributed by atoms with Crippen LogP contribution in [0.5, 0.6) is 11.5 Å². The summed E-state index contributed by atoms with van der Waals surface area (Å²) in [4.78, 5) is 3.32. The minimum absolute atomic E-state index is 0.0394. The second kappa shape index (κ2) is 2.62. The first-order chi connectivity index (χ1) is 5.75. The number of rotatable bonds is 2. The van der Waals surface area contributed by atoms with Crippen molar-refractivity contribution in [3.63, 3.8) is 0 Å². The van der Waals surface area contributed by atoms with Crippen LogP contribution < -0.4 is 4.74 Å². The molecule has 2 rings (SSSR count). The summed E-state index contributed by atoms with van der Waals surface area (Å²) in [6, 6.07) is 1.24. The van der Waals surface area contributed by atoms with E-state index in [0.29, 0.717) is 0 Å². The zero-order chi connectivity index (χ0) is 8.55. The number of aromatic nitrogens is 1. The van der Waals surface area contributed by atoms with E-state index in [-0.39, 0.29) is 17.6 Å². The Morgan fingerprint density at radius 3 is 3.00 bits per heavy atom. The van der Waals surface area contributed by atoms with Crippen LogP contribution in [0.3, 0.4) is 0 Å². The molecule has 1 heterocycles. The van der Waals surface area contributed by atoms with E-state index in [4.69, 9.17) is 9.84 Å². The average molecular weight is 169 g/mol. The van der Waals surface area contributed by atoms with Gasteiger partial charge in [0.25, 0.3) is 5.95 Å². The lowest BCUT2D eigenvalue weighted by Crippen LogP contribution is -1.99. The van der Waals surface area contributed by atoms with E-state index in [1.165, 1.54) is 6.07 Å². The summed E-state index contributed by atoms with van der Waals surface area (Å²) < 4.78 is 17.9. The third-order valence-corrected chi connectivity index (χ3v) is 1.61. The summed E-state index contributed by atoms with van der Waals surface area (Å²) in [6.45, 7) is 0. The number of pyridine rings is 1. The molecule has 1 saturated carbocycles. The molecule has 1 fully saturated rings. The van der Waals surface area contributed by atoms with Gasteiger partial charge in [0, 0.05) is 6.07 Å². The van der Waals surface area contributed by atoms with Gasteiger partial charge in [-0.25, -0.2) is 4.98 Å². The van der Waals surface area contributed by atoms with E-state index in [1.807, 2.05) is 0 Å². The Bertz CT molecular complexity index is 299. The van der Waals surface area contributed by atoms with Crippen LogP contribution in [0, 0.1) is 5.95 Å². The molecule has 1 aromatic rings. The first-order valence-electron chi connectivity index (χ1n) is 3.77. The number of ether oxygens (including phenoxy) is 1. The van der Waals surface area contributed by atoms with Gasteiger partial charge in [0.2, 0.25) is 0 Å².